The van der Waals surface area contributed by atoms with Gasteiger partial charge in [-0.2, -0.15) is 5.26 Å². The molecule has 0 bridgehead atoms. The Morgan fingerprint density at radius 1 is 1.26 bits per heavy atom. The molecule has 19 heavy (non-hydrogen) atoms. The Hall–Kier alpha value is -2.25. The van der Waals surface area contributed by atoms with E-state index in [1.54, 1.807) is 30.3 Å². The van der Waals surface area contributed by atoms with Crippen molar-refractivity contribution in [1.29, 1.82) is 5.26 Å². The van der Waals surface area contributed by atoms with Gasteiger partial charge in [-0.25, -0.2) is 4.39 Å². The van der Waals surface area contributed by atoms with Crippen LogP contribution in [0.1, 0.15) is 5.56 Å². The van der Waals surface area contributed by atoms with Gasteiger partial charge >= 0.3 is 0 Å². The Kier molecular flexibility index (Phi) is 3.88. The number of nitriles is 1. The molecule has 96 valence electrons. The normalized spacial score (nSPS) is 9.95. The molecule has 0 atom stereocenters. The molecule has 0 unspecified atom stereocenters. The number of nitrogens with two attached hydrogens (primary N) is 1. The molecule has 5 heteroatoms. The van der Waals surface area contributed by atoms with E-state index in [2.05, 4.69) is 5.32 Å². The molecule has 0 heterocycles. The first-order chi connectivity index (χ1) is 9.10. The number of hydrogen-bond acceptors (Lipinski definition) is 3. The molecule has 0 spiro atoms. The molecule has 2 aromatic rings. The van der Waals surface area contributed by atoms with Gasteiger partial charge in [-0.15, -0.1) is 0 Å². The van der Waals surface area contributed by atoms with Gasteiger partial charge in [-0.1, -0.05) is 11.6 Å². The molecule has 0 radical (unpaired) electrons. The Balaban J connectivity index is 2.28. The first-order valence-electron chi connectivity index (χ1n) is 5.57. The van der Waals surface area contributed by atoms with Crippen LogP contribution in [0, 0.1) is 17.1 Å². The van der Waals surface area contributed by atoms with Crippen LogP contribution in [0.4, 0.5) is 21.5 Å². The molecule has 0 aliphatic heterocycles. The zero-order chi connectivity index (χ0) is 13.8. The summed E-state index contributed by atoms with van der Waals surface area (Å²) in [6.07, 6.45) is 0.213. The minimum Gasteiger partial charge on any atom is -0.398 e. The van der Waals surface area contributed by atoms with Crippen molar-refractivity contribution < 1.29 is 4.39 Å². The summed E-state index contributed by atoms with van der Waals surface area (Å²) in [5.41, 5.74) is 7.99. The van der Waals surface area contributed by atoms with E-state index in [1.165, 1.54) is 6.07 Å². The molecule has 3 nitrogen and oxygen atoms in total. The number of hydrogen-bond donors (Lipinski definition) is 2. The summed E-state index contributed by atoms with van der Waals surface area (Å²) in [5.74, 6) is -0.439. The second-order valence-corrected chi connectivity index (χ2v) is 4.43. The van der Waals surface area contributed by atoms with Crippen molar-refractivity contribution in [2.24, 2.45) is 0 Å². The summed E-state index contributed by atoms with van der Waals surface area (Å²) < 4.78 is 13.6. The highest BCUT2D eigenvalue weighted by molar-refractivity contribution is 6.30. The van der Waals surface area contributed by atoms with Crippen molar-refractivity contribution in [2.45, 2.75) is 6.42 Å². The zero-order valence-corrected chi connectivity index (χ0v) is 10.7. The fourth-order valence-electron chi connectivity index (χ4n) is 1.67. The largest absolute Gasteiger partial charge is 0.398 e. The molecule has 3 N–H and O–H groups in total. The first kappa shape index (κ1) is 13.2. The van der Waals surface area contributed by atoms with Crippen LogP contribution in [-0.4, -0.2) is 0 Å². The van der Waals surface area contributed by atoms with E-state index in [4.69, 9.17) is 22.6 Å². The van der Waals surface area contributed by atoms with Gasteiger partial charge in [0.1, 0.15) is 5.82 Å². The lowest BCUT2D eigenvalue weighted by molar-refractivity contribution is 0.632. The second-order valence-electron chi connectivity index (χ2n) is 4.00. The van der Waals surface area contributed by atoms with Crippen LogP contribution in [-0.2, 0) is 6.42 Å². The van der Waals surface area contributed by atoms with E-state index in [0.29, 0.717) is 27.6 Å². The van der Waals surface area contributed by atoms with Crippen molar-refractivity contribution in [3.05, 3.63) is 52.8 Å². The minimum atomic E-state index is -0.439. The quantitative estimate of drug-likeness (QED) is 0.836. The molecule has 2 aromatic carbocycles. The van der Waals surface area contributed by atoms with Gasteiger partial charge in [0.25, 0.3) is 0 Å². The topological polar surface area (TPSA) is 61.8 Å². The Bertz CT molecular complexity index is 650. The lowest BCUT2D eigenvalue weighted by Crippen LogP contribution is -1.98. The predicted octanol–water partition coefficient (Wildman–Crippen LogP) is 3.87. The molecule has 0 fully saturated rings. The van der Waals surface area contributed by atoms with Crippen LogP contribution in [0.3, 0.4) is 0 Å². The summed E-state index contributed by atoms with van der Waals surface area (Å²) in [6.45, 7) is 0. The van der Waals surface area contributed by atoms with Crippen molar-refractivity contribution in [1.82, 2.24) is 0 Å². The summed E-state index contributed by atoms with van der Waals surface area (Å²) in [4.78, 5) is 0. The summed E-state index contributed by atoms with van der Waals surface area (Å²) >= 11 is 5.69. The van der Waals surface area contributed by atoms with Crippen LogP contribution < -0.4 is 11.1 Å². The molecular formula is C14H11ClFN3. The third-order valence-electron chi connectivity index (χ3n) is 2.62. The number of rotatable bonds is 3. The average molecular weight is 276 g/mol. The SMILES string of the molecule is N#CCc1cc(Nc2ccc(Cl)cc2F)ccc1N. The third kappa shape index (κ3) is 3.15. The Morgan fingerprint density at radius 3 is 2.74 bits per heavy atom. The first-order valence-corrected chi connectivity index (χ1v) is 5.95. The summed E-state index contributed by atoms with van der Waals surface area (Å²) in [5, 5.41) is 12.0. The molecule has 0 saturated carbocycles. The van der Waals surface area contributed by atoms with Crippen LogP contribution in [0.5, 0.6) is 0 Å². The average Bonchev–Trinajstić information content (AvgIpc) is 2.37. The van der Waals surface area contributed by atoms with Crippen molar-refractivity contribution >= 4 is 28.7 Å². The predicted molar refractivity (Wildman–Crippen MR) is 74.9 cm³/mol. The summed E-state index contributed by atoms with van der Waals surface area (Å²) in [7, 11) is 0. The Morgan fingerprint density at radius 2 is 2.05 bits per heavy atom. The maximum Gasteiger partial charge on any atom is 0.148 e. The van der Waals surface area contributed by atoms with E-state index < -0.39 is 5.82 Å². The molecular weight excluding hydrogens is 265 g/mol. The number of nitrogens with zero attached hydrogens (tertiary/aromatic N) is 1. The number of nitrogens with one attached hydrogen (secondary N) is 1. The highest BCUT2D eigenvalue weighted by Gasteiger charge is 2.05. The number of benzene rings is 2. The fraction of sp³-hybridized carbons (Fsp3) is 0.0714. The van der Waals surface area contributed by atoms with Gasteiger partial charge in [0, 0.05) is 16.4 Å². The second kappa shape index (κ2) is 5.59. The van der Waals surface area contributed by atoms with Crippen molar-refractivity contribution in [3.63, 3.8) is 0 Å². The van der Waals surface area contributed by atoms with E-state index in [1.807, 2.05) is 6.07 Å². The molecule has 0 saturated heterocycles. The van der Waals surface area contributed by atoms with Gasteiger partial charge in [0.2, 0.25) is 0 Å². The maximum atomic E-state index is 13.6. The van der Waals surface area contributed by atoms with Gasteiger partial charge in [-0.3, -0.25) is 0 Å². The van der Waals surface area contributed by atoms with E-state index in [9.17, 15) is 4.39 Å². The molecule has 2 rings (SSSR count). The Labute approximate surface area is 115 Å². The van der Waals surface area contributed by atoms with Gasteiger partial charge in [0.05, 0.1) is 18.2 Å². The lowest BCUT2D eigenvalue weighted by atomic mass is 10.1. The fourth-order valence-corrected chi connectivity index (χ4v) is 1.83. The number of halogens is 2. The monoisotopic (exact) mass is 275 g/mol. The maximum absolute atomic E-state index is 13.6. The van der Waals surface area contributed by atoms with Crippen LogP contribution in [0.2, 0.25) is 5.02 Å². The number of nitrogen functional groups attached to an aromatic ring is 1. The van der Waals surface area contributed by atoms with Gasteiger partial charge in [-0.05, 0) is 42.0 Å². The van der Waals surface area contributed by atoms with E-state index in [0.717, 1.165) is 0 Å². The van der Waals surface area contributed by atoms with Crippen molar-refractivity contribution in [2.75, 3.05) is 11.1 Å². The van der Waals surface area contributed by atoms with Gasteiger partial charge in [0.15, 0.2) is 0 Å². The molecule has 0 aliphatic carbocycles. The smallest absolute Gasteiger partial charge is 0.148 e. The van der Waals surface area contributed by atoms with Crippen LogP contribution >= 0.6 is 11.6 Å². The standard InChI is InChI=1S/C14H11ClFN3/c15-10-1-4-14(12(16)8-10)19-11-2-3-13(18)9(7-11)5-6-17/h1-4,7-8,19H,5,18H2. The highest BCUT2D eigenvalue weighted by atomic mass is 35.5. The third-order valence-corrected chi connectivity index (χ3v) is 2.86. The number of anilines is 3. The van der Waals surface area contributed by atoms with Crippen LogP contribution in [0.25, 0.3) is 0 Å². The molecule has 0 amide bonds. The molecule has 0 aliphatic rings. The van der Waals surface area contributed by atoms with E-state index >= 15 is 0 Å². The van der Waals surface area contributed by atoms with Gasteiger partial charge < -0.3 is 11.1 Å². The zero-order valence-electron chi connectivity index (χ0n) is 9.95. The van der Waals surface area contributed by atoms with Crippen LogP contribution in [0.15, 0.2) is 36.4 Å². The highest BCUT2D eigenvalue weighted by Crippen LogP contribution is 2.25. The molecule has 0 aromatic heterocycles. The van der Waals surface area contributed by atoms with Crippen molar-refractivity contribution in [3.8, 4) is 6.07 Å². The summed E-state index contributed by atoms with van der Waals surface area (Å²) in [6, 6.07) is 11.6. The van der Waals surface area contributed by atoms with E-state index in [-0.39, 0.29) is 6.42 Å². The lowest BCUT2D eigenvalue weighted by Gasteiger charge is -2.10. The minimum absolute atomic E-state index is 0.213.